The minimum Gasteiger partial charge on any atom is -0.378 e. The normalized spacial score (nSPS) is 49.5. The number of fused-ring (bicyclic) bond motifs is 5. The molecule has 0 bridgehead atoms. The van der Waals surface area contributed by atoms with Gasteiger partial charge in [0.1, 0.15) is 11.6 Å². The van der Waals surface area contributed by atoms with Gasteiger partial charge in [-0.15, -0.1) is 0 Å². The van der Waals surface area contributed by atoms with E-state index >= 15 is 0 Å². The lowest BCUT2D eigenvalue weighted by Crippen LogP contribution is -2.59. The van der Waals surface area contributed by atoms with Gasteiger partial charge >= 0.3 is 0 Å². The minimum absolute atomic E-state index is 0.0869. The van der Waals surface area contributed by atoms with Crippen LogP contribution in [0.2, 0.25) is 0 Å². The molecule has 0 radical (unpaired) electrons. The summed E-state index contributed by atoms with van der Waals surface area (Å²) in [5.74, 6) is 2.32. The Hall–Kier alpha value is -0.700. The molecule has 4 fully saturated rings. The predicted molar refractivity (Wildman–Crippen MR) is 97.2 cm³/mol. The van der Waals surface area contributed by atoms with Gasteiger partial charge in [-0.05, 0) is 61.7 Å². The van der Waals surface area contributed by atoms with E-state index in [-0.39, 0.29) is 16.7 Å². The Labute approximate surface area is 152 Å². The lowest BCUT2D eigenvalue weighted by Gasteiger charge is -2.59. The van der Waals surface area contributed by atoms with Crippen molar-refractivity contribution >= 4 is 11.6 Å². The van der Waals surface area contributed by atoms with Gasteiger partial charge in [0.05, 0.1) is 6.10 Å². The number of hydrogen-bond donors (Lipinski definition) is 0. The summed E-state index contributed by atoms with van der Waals surface area (Å²) in [5, 5.41) is 0. The van der Waals surface area contributed by atoms with E-state index in [0.29, 0.717) is 48.3 Å². The largest absolute Gasteiger partial charge is 0.378 e. The first-order chi connectivity index (χ1) is 11.9. The predicted octanol–water partition coefficient (Wildman–Crippen LogP) is 4.57. The van der Waals surface area contributed by atoms with Crippen LogP contribution in [0.4, 0.5) is 0 Å². The Kier molecular flexibility index (Phi) is 4.38. The van der Waals surface area contributed by atoms with Crippen molar-refractivity contribution in [2.24, 2.45) is 34.5 Å². The molecule has 0 heterocycles. The molecular formula is C22H34O3. The lowest BCUT2D eigenvalue weighted by atomic mass is 9.44. The highest BCUT2D eigenvalue weighted by atomic mass is 16.5. The molecular weight excluding hydrogens is 312 g/mol. The molecule has 0 amide bonds. The second kappa shape index (κ2) is 6.18. The van der Waals surface area contributed by atoms with Crippen LogP contribution in [0.5, 0.6) is 0 Å². The third-order valence-corrected chi connectivity index (χ3v) is 8.53. The summed E-state index contributed by atoms with van der Waals surface area (Å²) >= 11 is 0. The van der Waals surface area contributed by atoms with Crippen LogP contribution in [-0.2, 0) is 14.3 Å². The van der Waals surface area contributed by atoms with Crippen LogP contribution < -0.4 is 0 Å². The van der Waals surface area contributed by atoms with Gasteiger partial charge in [-0.2, -0.15) is 0 Å². The first-order valence-corrected chi connectivity index (χ1v) is 10.6. The number of Topliss-reactive ketones (excluding diaryl/α,β-unsaturated/α-hetero) is 2. The zero-order valence-electron chi connectivity index (χ0n) is 16.2. The quantitative estimate of drug-likeness (QED) is 0.751. The first-order valence-electron chi connectivity index (χ1n) is 10.6. The van der Waals surface area contributed by atoms with Gasteiger partial charge in [-0.1, -0.05) is 27.2 Å². The maximum Gasteiger partial charge on any atom is 0.139 e. The number of ketones is 2. The molecule has 7 unspecified atom stereocenters. The molecule has 0 spiro atoms. The van der Waals surface area contributed by atoms with Crippen molar-refractivity contribution in [3.63, 3.8) is 0 Å². The van der Waals surface area contributed by atoms with Crippen molar-refractivity contribution in [2.75, 3.05) is 6.61 Å². The zero-order valence-corrected chi connectivity index (χ0v) is 16.2. The van der Waals surface area contributed by atoms with E-state index in [4.69, 9.17) is 4.74 Å². The molecule has 4 rings (SSSR count). The molecule has 3 heteroatoms. The van der Waals surface area contributed by atoms with E-state index in [1.54, 1.807) is 0 Å². The fourth-order valence-electron chi connectivity index (χ4n) is 7.42. The molecule has 7 atom stereocenters. The van der Waals surface area contributed by atoms with Crippen LogP contribution in [0.1, 0.15) is 78.6 Å². The maximum absolute atomic E-state index is 13.3. The van der Waals surface area contributed by atoms with Crippen molar-refractivity contribution in [1.29, 1.82) is 0 Å². The molecule has 3 nitrogen and oxygen atoms in total. The Morgan fingerprint density at radius 2 is 1.88 bits per heavy atom. The number of carbonyl (C=O) groups excluding carboxylic acids is 2. The fraction of sp³-hybridized carbons (Fsp3) is 0.909. The summed E-state index contributed by atoms with van der Waals surface area (Å²) in [7, 11) is 0. The summed E-state index contributed by atoms with van der Waals surface area (Å²) < 4.78 is 6.24. The summed E-state index contributed by atoms with van der Waals surface area (Å²) in [4.78, 5) is 25.8. The van der Waals surface area contributed by atoms with Crippen molar-refractivity contribution in [3.8, 4) is 0 Å². The van der Waals surface area contributed by atoms with Crippen LogP contribution in [0.25, 0.3) is 0 Å². The van der Waals surface area contributed by atoms with Crippen molar-refractivity contribution in [1.82, 2.24) is 0 Å². The number of rotatable bonds is 3. The maximum atomic E-state index is 13.3. The van der Waals surface area contributed by atoms with Crippen LogP contribution in [0.15, 0.2) is 0 Å². The monoisotopic (exact) mass is 346 g/mol. The van der Waals surface area contributed by atoms with E-state index in [1.807, 2.05) is 0 Å². The Balaban J connectivity index is 1.64. The van der Waals surface area contributed by atoms with Gasteiger partial charge < -0.3 is 4.74 Å². The zero-order chi connectivity index (χ0) is 17.8. The van der Waals surface area contributed by atoms with Crippen LogP contribution in [0, 0.1) is 34.5 Å². The van der Waals surface area contributed by atoms with E-state index in [1.165, 1.54) is 12.8 Å². The Morgan fingerprint density at radius 3 is 2.64 bits per heavy atom. The van der Waals surface area contributed by atoms with Gasteiger partial charge in [0.15, 0.2) is 0 Å². The molecule has 0 saturated heterocycles. The topological polar surface area (TPSA) is 43.4 Å². The molecule has 4 saturated carbocycles. The van der Waals surface area contributed by atoms with E-state index in [0.717, 1.165) is 38.7 Å². The SMILES string of the molecule is CCCOC1CCCC2(C)C1CCC1C3CCC(=O)C3(C)CC(=O)C12. The summed E-state index contributed by atoms with van der Waals surface area (Å²) in [6.45, 7) is 7.48. The van der Waals surface area contributed by atoms with Gasteiger partial charge in [0.2, 0.25) is 0 Å². The fourth-order valence-corrected chi connectivity index (χ4v) is 7.42. The highest BCUT2D eigenvalue weighted by molar-refractivity contribution is 5.95. The molecule has 0 N–H and O–H groups in total. The number of hydrogen-bond acceptors (Lipinski definition) is 3. The Morgan fingerprint density at radius 1 is 1.08 bits per heavy atom. The summed E-state index contributed by atoms with van der Waals surface area (Å²) in [5.41, 5.74) is -0.266. The molecule has 0 aromatic rings. The average Bonchev–Trinajstić information content (AvgIpc) is 2.86. The lowest BCUT2D eigenvalue weighted by molar-refractivity contribution is -0.172. The highest BCUT2D eigenvalue weighted by Crippen LogP contribution is 2.64. The highest BCUT2D eigenvalue weighted by Gasteiger charge is 2.63. The van der Waals surface area contributed by atoms with Crippen molar-refractivity contribution in [3.05, 3.63) is 0 Å². The Bertz CT molecular complexity index is 570. The van der Waals surface area contributed by atoms with Crippen LogP contribution >= 0.6 is 0 Å². The standard InChI is InChI=1S/C22H34O3/c1-4-12-25-18-6-5-11-21(2)16(18)8-7-14-15-9-10-19(24)22(15,3)13-17(23)20(14)21/h14-16,18,20H,4-13H2,1-3H3. The van der Waals surface area contributed by atoms with Gasteiger partial charge in [0.25, 0.3) is 0 Å². The molecule has 0 aromatic heterocycles. The molecule has 4 aliphatic carbocycles. The average molecular weight is 347 g/mol. The molecule has 0 aromatic carbocycles. The van der Waals surface area contributed by atoms with Crippen molar-refractivity contribution in [2.45, 2.75) is 84.7 Å². The van der Waals surface area contributed by atoms with E-state index < -0.39 is 0 Å². The van der Waals surface area contributed by atoms with E-state index in [2.05, 4.69) is 20.8 Å². The number of carbonyl (C=O) groups is 2. The summed E-state index contributed by atoms with van der Waals surface area (Å²) in [6, 6.07) is 0. The van der Waals surface area contributed by atoms with E-state index in [9.17, 15) is 9.59 Å². The minimum atomic E-state index is -0.353. The van der Waals surface area contributed by atoms with Gasteiger partial charge in [-0.25, -0.2) is 0 Å². The third kappa shape index (κ3) is 2.48. The molecule has 4 aliphatic rings. The van der Waals surface area contributed by atoms with Crippen LogP contribution in [0.3, 0.4) is 0 Å². The molecule has 0 aliphatic heterocycles. The second-order valence-electron chi connectivity index (χ2n) is 9.76. The van der Waals surface area contributed by atoms with Crippen molar-refractivity contribution < 1.29 is 14.3 Å². The van der Waals surface area contributed by atoms with Gasteiger partial charge in [-0.3, -0.25) is 9.59 Å². The first kappa shape index (κ1) is 17.7. The van der Waals surface area contributed by atoms with Crippen LogP contribution in [-0.4, -0.2) is 24.3 Å². The van der Waals surface area contributed by atoms with Gasteiger partial charge in [0, 0.05) is 30.8 Å². The molecule has 25 heavy (non-hydrogen) atoms. The molecule has 140 valence electrons. The second-order valence-corrected chi connectivity index (χ2v) is 9.76. The smallest absolute Gasteiger partial charge is 0.139 e. The summed E-state index contributed by atoms with van der Waals surface area (Å²) in [6.07, 6.45) is 9.41. The third-order valence-electron chi connectivity index (χ3n) is 8.53. The number of ether oxygens (including phenoxy) is 1.